The summed E-state index contributed by atoms with van der Waals surface area (Å²) in [5, 5.41) is 12.1. The topological polar surface area (TPSA) is 94.9 Å². The number of nitriles is 1. The number of anilines is 3. The van der Waals surface area contributed by atoms with Crippen molar-refractivity contribution in [2.75, 3.05) is 10.0 Å². The molecular formula is C16H11ClN4O2S2. The first-order valence-electron chi connectivity index (χ1n) is 6.98. The molecule has 0 amide bonds. The second-order valence-corrected chi connectivity index (χ2v) is 8.50. The summed E-state index contributed by atoms with van der Waals surface area (Å²) in [5.74, 6) is 0.491. The van der Waals surface area contributed by atoms with Gasteiger partial charge in [0.05, 0.1) is 27.5 Å². The first-order valence-corrected chi connectivity index (χ1v) is 9.66. The number of sulfonamides is 1. The van der Waals surface area contributed by atoms with Crippen LogP contribution >= 0.6 is 22.9 Å². The molecule has 0 bridgehead atoms. The lowest BCUT2D eigenvalue weighted by molar-refractivity contribution is 0.603. The average molecular weight is 391 g/mol. The zero-order valence-electron chi connectivity index (χ0n) is 12.6. The molecule has 0 radical (unpaired) electrons. The molecule has 0 saturated heterocycles. The third-order valence-corrected chi connectivity index (χ3v) is 6.24. The predicted octanol–water partition coefficient (Wildman–Crippen LogP) is 4.21. The number of thiophene rings is 1. The van der Waals surface area contributed by atoms with Crippen LogP contribution in [0.25, 0.3) is 0 Å². The Kier molecular flexibility index (Phi) is 4.90. The van der Waals surface area contributed by atoms with Gasteiger partial charge in [-0.3, -0.25) is 4.72 Å². The van der Waals surface area contributed by atoms with Gasteiger partial charge in [0.2, 0.25) is 0 Å². The number of benzene rings is 1. The minimum absolute atomic E-state index is 0.127. The maximum absolute atomic E-state index is 12.2. The van der Waals surface area contributed by atoms with E-state index in [0.717, 1.165) is 11.3 Å². The molecule has 0 aliphatic rings. The lowest BCUT2D eigenvalue weighted by Crippen LogP contribution is -2.11. The number of nitrogens with zero attached hydrogens (tertiary/aromatic N) is 2. The molecule has 9 heteroatoms. The molecule has 25 heavy (non-hydrogen) atoms. The fourth-order valence-electron chi connectivity index (χ4n) is 2.00. The average Bonchev–Trinajstić information content (AvgIpc) is 3.04. The highest BCUT2D eigenvalue weighted by atomic mass is 35.5. The van der Waals surface area contributed by atoms with Gasteiger partial charge < -0.3 is 5.32 Å². The summed E-state index contributed by atoms with van der Waals surface area (Å²) in [6, 6.07) is 15.3. The number of aromatic nitrogens is 1. The first-order chi connectivity index (χ1) is 12.0. The number of nitrogens with one attached hydrogen (secondary N) is 2. The van der Waals surface area contributed by atoms with Crippen LogP contribution in [0.3, 0.4) is 0 Å². The summed E-state index contributed by atoms with van der Waals surface area (Å²) in [4.78, 5) is 4.16. The number of para-hydroxylation sites is 1. The molecular weight excluding hydrogens is 380 g/mol. The van der Waals surface area contributed by atoms with E-state index in [1.165, 1.54) is 18.3 Å². The van der Waals surface area contributed by atoms with Gasteiger partial charge in [0, 0.05) is 0 Å². The molecule has 1 aromatic carbocycles. The normalized spacial score (nSPS) is 10.9. The number of pyridine rings is 1. The highest BCUT2D eigenvalue weighted by molar-refractivity contribution is 7.94. The molecule has 3 rings (SSSR count). The second-order valence-electron chi connectivity index (χ2n) is 4.88. The maximum Gasteiger partial charge on any atom is 0.271 e. The van der Waals surface area contributed by atoms with E-state index in [-0.39, 0.29) is 4.21 Å². The zero-order chi connectivity index (χ0) is 17.9. The highest BCUT2D eigenvalue weighted by Gasteiger charge is 2.16. The zero-order valence-corrected chi connectivity index (χ0v) is 15.0. The number of rotatable bonds is 5. The molecule has 0 aliphatic heterocycles. The minimum atomic E-state index is -3.69. The van der Waals surface area contributed by atoms with Crippen molar-refractivity contribution in [2.24, 2.45) is 0 Å². The highest BCUT2D eigenvalue weighted by Crippen LogP contribution is 2.27. The largest absolute Gasteiger partial charge is 0.339 e. The van der Waals surface area contributed by atoms with Crippen molar-refractivity contribution in [1.82, 2.24) is 4.98 Å². The molecule has 0 saturated carbocycles. The predicted molar refractivity (Wildman–Crippen MR) is 98.8 cm³/mol. The molecule has 0 atom stereocenters. The van der Waals surface area contributed by atoms with Gasteiger partial charge in [-0.15, -0.1) is 11.3 Å². The number of hydrogen-bond donors (Lipinski definition) is 2. The van der Waals surface area contributed by atoms with Crippen LogP contribution in [0.2, 0.25) is 4.34 Å². The maximum atomic E-state index is 12.2. The molecule has 0 unspecified atom stereocenters. The SMILES string of the molecule is N#Cc1ccccc1Nc1ccc(NS(=O)(=O)c2ccc(Cl)s2)cn1. The lowest BCUT2D eigenvalue weighted by atomic mass is 10.2. The third kappa shape index (κ3) is 4.09. The van der Waals surface area contributed by atoms with Gasteiger partial charge in [0.15, 0.2) is 0 Å². The Morgan fingerprint density at radius 2 is 1.92 bits per heavy atom. The Balaban J connectivity index is 1.76. The van der Waals surface area contributed by atoms with Gasteiger partial charge in [-0.25, -0.2) is 13.4 Å². The van der Waals surface area contributed by atoms with Crippen LogP contribution in [0, 0.1) is 11.3 Å². The van der Waals surface area contributed by atoms with E-state index in [1.54, 1.807) is 36.4 Å². The van der Waals surface area contributed by atoms with Gasteiger partial charge in [-0.05, 0) is 36.4 Å². The fourth-order valence-corrected chi connectivity index (χ4v) is 4.53. The minimum Gasteiger partial charge on any atom is -0.339 e. The Bertz CT molecular complexity index is 1040. The van der Waals surface area contributed by atoms with Crippen molar-refractivity contribution in [1.29, 1.82) is 5.26 Å². The van der Waals surface area contributed by atoms with Crippen LogP contribution in [0.4, 0.5) is 17.2 Å². The van der Waals surface area contributed by atoms with Gasteiger partial charge in [0.1, 0.15) is 16.1 Å². The number of hydrogen-bond acceptors (Lipinski definition) is 6. The van der Waals surface area contributed by atoms with Crippen molar-refractivity contribution in [3.8, 4) is 6.07 Å². The molecule has 6 nitrogen and oxygen atoms in total. The third-order valence-electron chi connectivity index (χ3n) is 3.14. The van der Waals surface area contributed by atoms with Gasteiger partial charge >= 0.3 is 0 Å². The molecule has 126 valence electrons. The van der Waals surface area contributed by atoms with Gasteiger partial charge in [-0.2, -0.15) is 5.26 Å². The smallest absolute Gasteiger partial charge is 0.271 e. The Morgan fingerprint density at radius 3 is 2.56 bits per heavy atom. The lowest BCUT2D eigenvalue weighted by Gasteiger charge is -2.09. The van der Waals surface area contributed by atoms with Crippen molar-refractivity contribution < 1.29 is 8.42 Å². The summed E-state index contributed by atoms with van der Waals surface area (Å²) in [6.45, 7) is 0. The summed E-state index contributed by atoms with van der Waals surface area (Å²) < 4.78 is 27.4. The van der Waals surface area contributed by atoms with Crippen LogP contribution in [0.15, 0.2) is 58.9 Å². The molecule has 0 fully saturated rings. The van der Waals surface area contributed by atoms with E-state index in [4.69, 9.17) is 16.9 Å². The van der Waals surface area contributed by atoms with E-state index in [9.17, 15) is 8.42 Å². The van der Waals surface area contributed by atoms with Gasteiger partial charge in [-0.1, -0.05) is 23.7 Å². The van der Waals surface area contributed by atoms with Crippen molar-refractivity contribution >= 4 is 50.2 Å². The Morgan fingerprint density at radius 1 is 1.12 bits per heavy atom. The molecule has 3 aromatic rings. The molecule has 2 N–H and O–H groups in total. The number of halogens is 1. The summed E-state index contributed by atoms with van der Waals surface area (Å²) in [6.07, 6.45) is 1.39. The van der Waals surface area contributed by atoms with Crippen LogP contribution < -0.4 is 10.0 Å². The summed E-state index contributed by atoms with van der Waals surface area (Å²) in [7, 11) is -3.69. The molecule has 0 aliphatic carbocycles. The monoisotopic (exact) mass is 390 g/mol. The molecule has 0 spiro atoms. The second kappa shape index (κ2) is 7.11. The Hall–Kier alpha value is -2.60. The summed E-state index contributed by atoms with van der Waals surface area (Å²) >= 11 is 6.75. The van der Waals surface area contributed by atoms with E-state index >= 15 is 0 Å². The summed E-state index contributed by atoms with van der Waals surface area (Å²) in [5.41, 5.74) is 1.44. The van der Waals surface area contributed by atoms with Crippen molar-refractivity contribution in [2.45, 2.75) is 4.21 Å². The van der Waals surface area contributed by atoms with Crippen LogP contribution in [0.5, 0.6) is 0 Å². The first kappa shape index (κ1) is 17.2. The fraction of sp³-hybridized carbons (Fsp3) is 0. The van der Waals surface area contributed by atoms with Gasteiger partial charge in [0.25, 0.3) is 10.0 Å². The van der Waals surface area contributed by atoms with Crippen LogP contribution in [0.1, 0.15) is 5.56 Å². The van der Waals surface area contributed by atoms with Crippen molar-refractivity contribution in [3.05, 3.63) is 64.6 Å². The molecule has 2 heterocycles. The van der Waals surface area contributed by atoms with E-state index < -0.39 is 10.0 Å². The Labute approximate surface area is 153 Å². The van der Waals surface area contributed by atoms with Crippen molar-refractivity contribution in [3.63, 3.8) is 0 Å². The standard InChI is InChI=1S/C16H11ClN4O2S2/c17-14-6-8-16(24-14)25(22,23)21-12-5-7-15(19-10-12)20-13-4-2-1-3-11(13)9-18/h1-8,10,21H,(H,19,20). The van der Waals surface area contributed by atoms with E-state index in [1.807, 2.05) is 0 Å². The van der Waals surface area contributed by atoms with Crippen LogP contribution in [-0.4, -0.2) is 13.4 Å². The van der Waals surface area contributed by atoms with E-state index in [2.05, 4.69) is 21.1 Å². The quantitative estimate of drug-likeness (QED) is 0.680. The van der Waals surface area contributed by atoms with Crippen LogP contribution in [-0.2, 0) is 10.0 Å². The molecule has 2 aromatic heterocycles. The van der Waals surface area contributed by atoms with E-state index in [0.29, 0.717) is 27.1 Å².